The number of hydrogen-bond acceptors (Lipinski definition) is 6. The molecule has 3 rings (SSSR count). The number of amides is 2. The molecule has 1 N–H and O–H groups in total. The van der Waals surface area contributed by atoms with Gasteiger partial charge in [-0.2, -0.15) is 0 Å². The van der Waals surface area contributed by atoms with Crippen LogP contribution >= 0.6 is 23.5 Å². The van der Waals surface area contributed by atoms with Crippen LogP contribution in [0.5, 0.6) is 5.75 Å². The molecule has 1 aliphatic rings. The molecule has 2 amide bonds. The third kappa shape index (κ3) is 5.34. The fourth-order valence-corrected chi connectivity index (χ4v) is 4.85. The van der Waals surface area contributed by atoms with Gasteiger partial charge in [-0.1, -0.05) is 6.07 Å². The Bertz CT molecular complexity index is 953. The van der Waals surface area contributed by atoms with Gasteiger partial charge in [-0.15, -0.1) is 23.5 Å². The molecule has 0 saturated carbocycles. The summed E-state index contributed by atoms with van der Waals surface area (Å²) in [5, 5.41) is 2.82. The maximum Gasteiger partial charge on any atom is 0.248 e. The Morgan fingerprint density at radius 3 is 2.60 bits per heavy atom. The molecule has 1 aliphatic heterocycles. The number of Topliss-reactive ketones (excluding diaryl/α,β-unsaturated/α-hetero) is 1. The lowest BCUT2D eigenvalue weighted by molar-refractivity contribution is -0.134. The number of methoxy groups -OCH3 is 1. The molecule has 1 fully saturated rings. The molecule has 30 heavy (non-hydrogen) atoms. The number of anilines is 1. The predicted octanol–water partition coefficient (Wildman–Crippen LogP) is 3.67. The number of carbonyl (C=O) groups excluding carboxylic acids is 3. The number of nitrogens with one attached hydrogen (secondary N) is 1. The van der Waals surface area contributed by atoms with Crippen LogP contribution in [0.15, 0.2) is 47.4 Å². The van der Waals surface area contributed by atoms with Crippen LogP contribution in [0, 0.1) is 5.82 Å². The lowest BCUT2D eigenvalue weighted by Crippen LogP contribution is -2.45. The Balaban J connectivity index is 1.59. The van der Waals surface area contributed by atoms with Gasteiger partial charge in [-0.25, -0.2) is 4.39 Å². The molecule has 0 aliphatic carbocycles. The van der Waals surface area contributed by atoms with Gasteiger partial charge < -0.3 is 15.0 Å². The molecule has 1 heterocycles. The largest absolute Gasteiger partial charge is 0.497 e. The van der Waals surface area contributed by atoms with Gasteiger partial charge in [0.15, 0.2) is 5.78 Å². The monoisotopic (exact) mass is 448 g/mol. The van der Waals surface area contributed by atoms with Crippen molar-refractivity contribution in [2.75, 3.05) is 29.8 Å². The van der Waals surface area contributed by atoms with Crippen LogP contribution in [-0.2, 0) is 9.59 Å². The summed E-state index contributed by atoms with van der Waals surface area (Å²) in [5.74, 6) is 0.332. The number of benzene rings is 2. The highest BCUT2D eigenvalue weighted by atomic mass is 32.2. The Hall–Kier alpha value is -2.52. The molecule has 2 aromatic carbocycles. The normalized spacial score (nSPS) is 15.7. The SMILES string of the molecule is COc1ccc(NC(=O)C2CSCN2C(=O)CSc2ccc(C(C)=O)cc2F)cc1. The lowest BCUT2D eigenvalue weighted by atomic mass is 10.1. The van der Waals surface area contributed by atoms with Gasteiger partial charge in [0.05, 0.1) is 18.7 Å². The molecule has 2 aromatic rings. The van der Waals surface area contributed by atoms with E-state index in [-0.39, 0.29) is 28.9 Å². The molecule has 0 bridgehead atoms. The van der Waals surface area contributed by atoms with Gasteiger partial charge >= 0.3 is 0 Å². The van der Waals surface area contributed by atoms with Crippen molar-refractivity contribution in [2.45, 2.75) is 17.9 Å². The van der Waals surface area contributed by atoms with Crippen LogP contribution in [0.1, 0.15) is 17.3 Å². The molecule has 1 atom stereocenters. The quantitative estimate of drug-likeness (QED) is 0.515. The highest BCUT2D eigenvalue weighted by molar-refractivity contribution is 8.00. The third-order valence-electron chi connectivity index (χ3n) is 4.55. The molecule has 0 spiro atoms. The van der Waals surface area contributed by atoms with Crippen molar-refractivity contribution in [2.24, 2.45) is 0 Å². The molecule has 1 unspecified atom stereocenters. The molecular weight excluding hydrogens is 427 g/mol. The van der Waals surface area contributed by atoms with Gasteiger partial charge in [-0.3, -0.25) is 14.4 Å². The first kappa shape index (κ1) is 22.2. The first-order chi connectivity index (χ1) is 14.4. The van der Waals surface area contributed by atoms with Crippen LogP contribution in [0.3, 0.4) is 0 Å². The minimum Gasteiger partial charge on any atom is -0.497 e. The average Bonchev–Trinajstić information content (AvgIpc) is 3.23. The lowest BCUT2D eigenvalue weighted by Gasteiger charge is -2.23. The fourth-order valence-electron chi connectivity index (χ4n) is 2.86. The van der Waals surface area contributed by atoms with Gasteiger partial charge in [0.2, 0.25) is 11.8 Å². The summed E-state index contributed by atoms with van der Waals surface area (Å²) in [6, 6.07) is 10.6. The Morgan fingerprint density at radius 1 is 1.23 bits per heavy atom. The van der Waals surface area contributed by atoms with E-state index in [1.165, 1.54) is 41.8 Å². The van der Waals surface area contributed by atoms with E-state index in [4.69, 9.17) is 4.74 Å². The van der Waals surface area contributed by atoms with Crippen LogP contribution in [0.4, 0.5) is 10.1 Å². The summed E-state index contributed by atoms with van der Waals surface area (Å²) in [7, 11) is 1.56. The number of thioether (sulfide) groups is 2. The Kier molecular flexibility index (Phi) is 7.38. The number of hydrogen-bond donors (Lipinski definition) is 1. The van der Waals surface area contributed by atoms with E-state index in [1.807, 2.05) is 0 Å². The van der Waals surface area contributed by atoms with E-state index in [2.05, 4.69) is 5.32 Å². The first-order valence-corrected chi connectivity index (χ1v) is 11.3. The highest BCUT2D eigenvalue weighted by Gasteiger charge is 2.34. The van der Waals surface area contributed by atoms with E-state index >= 15 is 0 Å². The smallest absolute Gasteiger partial charge is 0.248 e. The summed E-state index contributed by atoms with van der Waals surface area (Å²) in [6.07, 6.45) is 0. The minimum absolute atomic E-state index is 0.00319. The van der Waals surface area contributed by atoms with E-state index in [9.17, 15) is 18.8 Å². The summed E-state index contributed by atoms with van der Waals surface area (Å²) >= 11 is 2.55. The van der Waals surface area contributed by atoms with Crippen molar-refractivity contribution >= 4 is 46.8 Å². The van der Waals surface area contributed by atoms with E-state index in [0.717, 1.165) is 11.8 Å². The number of ether oxygens (including phenoxy) is 1. The number of nitrogens with zero attached hydrogens (tertiary/aromatic N) is 1. The van der Waals surface area contributed by atoms with E-state index < -0.39 is 11.9 Å². The first-order valence-electron chi connectivity index (χ1n) is 9.14. The summed E-state index contributed by atoms with van der Waals surface area (Å²) in [6.45, 7) is 1.37. The van der Waals surface area contributed by atoms with Crippen LogP contribution < -0.4 is 10.1 Å². The van der Waals surface area contributed by atoms with Gasteiger partial charge in [0.1, 0.15) is 17.6 Å². The molecule has 0 radical (unpaired) electrons. The topological polar surface area (TPSA) is 75.7 Å². The van der Waals surface area contributed by atoms with Crippen molar-refractivity contribution in [3.63, 3.8) is 0 Å². The van der Waals surface area contributed by atoms with Gasteiger partial charge in [0, 0.05) is 21.9 Å². The maximum atomic E-state index is 14.2. The fraction of sp³-hybridized carbons (Fsp3) is 0.286. The van der Waals surface area contributed by atoms with Gasteiger partial charge in [-0.05, 0) is 43.3 Å². The highest BCUT2D eigenvalue weighted by Crippen LogP contribution is 2.27. The third-order valence-corrected chi connectivity index (χ3v) is 6.60. The summed E-state index contributed by atoms with van der Waals surface area (Å²) < 4.78 is 19.3. The zero-order chi connectivity index (χ0) is 21.7. The predicted molar refractivity (Wildman–Crippen MR) is 117 cm³/mol. The van der Waals surface area contributed by atoms with E-state index in [0.29, 0.717) is 28.0 Å². The second-order valence-electron chi connectivity index (χ2n) is 6.59. The van der Waals surface area contributed by atoms with Crippen LogP contribution in [0.2, 0.25) is 0 Å². The zero-order valence-corrected chi connectivity index (χ0v) is 18.1. The van der Waals surface area contributed by atoms with Crippen molar-refractivity contribution in [1.82, 2.24) is 4.90 Å². The van der Waals surface area contributed by atoms with Crippen molar-refractivity contribution < 1.29 is 23.5 Å². The summed E-state index contributed by atoms with van der Waals surface area (Å²) in [4.78, 5) is 38.5. The molecule has 158 valence electrons. The number of ketones is 1. The number of carbonyl (C=O) groups is 3. The van der Waals surface area contributed by atoms with Crippen molar-refractivity contribution in [3.8, 4) is 5.75 Å². The zero-order valence-electron chi connectivity index (χ0n) is 16.5. The van der Waals surface area contributed by atoms with Crippen molar-refractivity contribution in [3.05, 3.63) is 53.8 Å². The van der Waals surface area contributed by atoms with Crippen LogP contribution in [-0.4, -0.2) is 53.0 Å². The second kappa shape index (κ2) is 9.99. The van der Waals surface area contributed by atoms with Crippen LogP contribution in [0.25, 0.3) is 0 Å². The second-order valence-corrected chi connectivity index (χ2v) is 8.60. The standard InChI is InChI=1S/C21H21FN2O4S2/c1-13(25)14-3-8-19(17(22)9-14)30-11-20(26)24-12-29-10-18(24)21(27)23-15-4-6-16(28-2)7-5-15/h3-9,18H,10-12H2,1-2H3,(H,23,27). The minimum atomic E-state index is -0.588. The molecule has 9 heteroatoms. The van der Waals surface area contributed by atoms with E-state index in [1.54, 1.807) is 31.4 Å². The molecule has 1 saturated heterocycles. The summed E-state index contributed by atoms with van der Waals surface area (Å²) in [5.41, 5.74) is 0.904. The number of rotatable bonds is 7. The van der Waals surface area contributed by atoms with Gasteiger partial charge in [0.25, 0.3) is 0 Å². The van der Waals surface area contributed by atoms with Crippen molar-refractivity contribution in [1.29, 1.82) is 0 Å². The maximum absolute atomic E-state index is 14.2. The molecule has 0 aromatic heterocycles. The Labute approximate surface area is 182 Å². The molecule has 6 nitrogen and oxygen atoms in total. The Morgan fingerprint density at radius 2 is 1.97 bits per heavy atom. The molecular formula is C21H21FN2O4S2. The average molecular weight is 449 g/mol. The number of halogens is 1.